The van der Waals surface area contributed by atoms with Crippen molar-refractivity contribution >= 4 is 17.3 Å². The van der Waals surface area contributed by atoms with E-state index < -0.39 is 0 Å². The Kier molecular flexibility index (Phi) is 5.28. The van der Waals surface area contributed by atoms with Crippen LogP contribution in [-0.4, -0.2) is 37.1 Å². The third-order valence-electron chi connectivity index (χ3n) is 4.20. The van der Waals surface area contributed by atoms with Crippen LogP contribution in [0.2, 0.25) is 0 Å². The van der Waals surface area contributed by atoms with E-state index in [1.807, 2.05) is 18.2 Å². The molecule has 0 spiro atoms. The number of anilines is 1. The van der Waals surface area contributed by atoms with Crippen LogP contribution in [0, 0.1) is 11.3 Å². The summed E-state index contributed by atoms with van der Waals surface area (Å²) in [4.78, 5) is 4.84. The molecular formula is C16H22ClN3. The molecule has 1 aromatic carbocycles. The molecule has 1 heterocycles. The van der Waals surface area contributed by atoms with E-state index in [-0.39, 0.29) is 0 Å². The molecule has 3 nitrogen and oxygen atoms in total. The second kappa shape index (κ2) is 6.97. The summed E-state index contributed by atoms with van der Waals surface area (Å²) >= 11 is 5.83. The van der Waals surface area contributed by atoms with Gasteiger partial charge < -0.3 is 4.90 Å². The van der Waals surface area contributed by atoms with Gasteiger partial charge >= 0.3 is 0 Å². The number of nitrogens with zero attached hydrogens (tertiary/aromatic N) is 3. The van der Waals surface area contributed by atoms with Crippen molar-refractivity contribution in [2.75, 3.05) is 31.1 Å². The van der Waals surface area contributed by atoms with Gasteiger partial charge in [0.25, 0.3) is 0 Å². The molecular weight excluding hydrogens is 270 g/mol. The molecule has 1 aromatic rings. The van der Waals surface area contributed by atoms with Gasteiger partial charge in [-0.15, -0.1) is 11.6 Å². The van der Waals surface area contributed by atoms with Crippen molar-refractivity contribution in [2.24, 2.45) is 0 Å². The number of nitriles is 1. The van der Waals surface area contributed by atoms with Crippen LogP contribution in [0.5, 0.6) is 0 Å². The minimum absolute atomic E-state index is 0.455. The van der Waals surface area contributed by atoms with Crippen LogP contribution in [0.15, 0.2) is 18.2 Å². The Balaban J connectivity index is 2.09. The number of alkyl halides is 1. The van der Waals surface area contributed by atoms with Crippen LogP contribution in [0.1, 0.15) is 31.4 Å². The van der Waals surface area contributed by atoms with E-state index in [2.05, 4.69) is 29.7 Å². The molecule has 4 heteroatoms. The first kappa shape index (κ1) is 15.2. The van der Waals surface area contributed by atoms with E-state index >= 15 is 0 Å². The smallest absolute Gasteiger partial charge is 0.101 e. The van der Waals surface area contributed by atoms with Crippen molar-refractivity contribution in [3.63, 3.8) is 0 Å². The number of rotatable bonds is 4. The Morgan fingerprint density at radius 3 is 2.55 bits per heavy atom. The molecule has 20 heavy (non-hydrogen) atoms. The minimum atomic E-state index is 0.455. The number of hydrogen-bond donors (Lipinski definition) is 0. The van der Waals surface area contributed by atoms with Crippen molar-refractivity contribution in [3.8, 4) is 6.07 Å². The van der Waals surface area contributed by atoms with Gasteiger partial charge in [-0.3, -0.25) is 4.90 Å². The van der Waals surface area contributed by atoms with E-state index in [1.165, 1.54) is 6.42 Å². The number of benzene rings is 1. The van der Waals surface area contributed by atoms with Gasteiger partial charge in [-0.05, 0) is 31.0 Å². The normalized spacial score (nSPS) is 17.8. The molecule has 2 rings (SSSR count). The van der Waals surface area contributed by atoms with E-state index in [4.69, 9.17) is 11.6 Å². The third-order valence-corrected chi connectivity index (χ3v) is 4.51. The average Bonchev–Trinajstić information content (AvgIpc) is 2.53. The van der Waals surface area contributed by atoms with Gasteiger partial charge in [0.1, 0.15) is 6.07 Å². The zero-order valence-electron chi connectivity index (χ0n) is 12.3. The Labute approximate surface area is 126 Å². The number of hydrogen-bond acceptors (Lipinski definition) is 3. The fraction of sp³-hybridized carbons (Fsp3) is 0.562. The second-order valence-electron chi connectivity index (χ2n) is 5.38. The van der Waals surface area contributed by atoms with Gasteiger partial charge in [0.05, 0.1) is 11.3 Å². The van der Waals surface area contributed by atoms with Crippen LogP contribution in [0.4, 0.5) is 5.69 Å². The predicted molar refractivity (Wildman–Crippen MR) is 84.3 cm³/mol. The fourth-order valence-electron chi connectivity index (χ4n) is 2.69. The van der Waals surface area contributed by atoms with Gasteiger partial charge in [-0.2, -0.15) is 5.26 Å². The third kappa shape index (κ3) is 3.26. The minimum Gasteiger partial charge on any atom is -0.368 e. The topological polar surface area (TPSA) is 30.3 Å². The largest absolute Gasteiger partial charge is 0.368 e. The van der Waals surface area contributed by atoms with Crippen LogP contribution < -0.4 is 4.90 Å². The SMILES string of the molecule is CCC(C)N1CCN(c2ccc(CCl)cc2C#N)CC1. The molecule has 1 fully saturated rings. The van der Waals surface area contributed by atoms with Crippen LogP contribution >= 0.6 is 11.6 Å². The zero-order chi connectivity index (χ0) is 14.5. The second-order valence-corrected chi connectivity index (χ2v) is 5.64. The van der Waals surface area contributed by atoms with Crippen molar-refractivity contribution < 1.29 is 0 Å². The molecule has 0 aromatic heterocycles. The molecule has 1 unspecified atom stereocenters. The Bertz CT molecular complexity index is 487. The highest BCUT2D eigenvalue weighted by Crippen LogP contribution is 2.24. The lowest BCUT2D eigenvalue weighted by Crippen LogP contribution is -2.49. The van der Waals surface area contributed by atoms with Crippen LogP contribution in [0.3, 0.4) is 0 Å². The maximum absolute atomic E-state index is 9.32. The predicted octanol–water partition coefficient (Wildman–Crippen LogP) is 3.22. The summed E-state index contributed by atoms with van der Waals surface area (Å²) in [7, 11) is 0. The first-order valence-corrected chi connectivity index (χ1v) is 7.81. The van der Waals surface area contributed by atoms with Crippen molar-refractivity contribution in [1.29, 1.82) is 5.26 Å². The summed E-state index contributed by atoms with van der Waals surface area (Å²) < 4.78 is 0. The summed E-state index contributed by atoms with van der Waals surface area (Å²) in [5.41, 5.74) is 2.79. The van der Waals surface area contributed by atoms with E-state index in [9.17, 15) is 5.26 Å². The Morgan fingerprint density at radius 1 is 1.30 bits per heavy atom. The number of halogens is 1. The van der Waals surface area contributed by atoms with E-state index in [0.29, 0.717) is 11.9 Å². The summed E-state index contributed by atoms with van der Waals surface area (Å²) in [6.45, 7) is 8.62. The quantitative estimate of drug-likeness (QED) is 0.798. The molecule has 1 aliphatic rings. The fourth-order valence-corrected chi connectivity index (χ4v) is 2.86. The molecule has 1 saturated heterocycles. The summed E-state index contributed by atoms with van der Waals surface area (Å²) in [6.07, 6.45) is 1.19. The van der Waals surface area contributed by atoms with E-state index in [1.54, 1.807) is 0 Å². The van der Waals surface area contributed by atoms with Gasteiger partial charge in [-0.25, -0.2) is 0 Å². The molecule has 0 saturated carbocycles. The van der Waals surface area contributed by atoms with Gasteiger partial charge in [-0.1, -0.05) is 13.0 Å². The highest BCUT2D eigenvalue weighted by Gasteiger charge is 2.21. The lowest BCUT2D eigenvalue weighted by Gasteiger charge is -2.39. The highest BCUT2D eigenvalue weighted by atomic mass is 35.5. The Hall–Kier alpha value is -1.24. The summed E-state index contributed by atoms with van der Waals surface area (Å²) in [5.74, 6) is 0.455. The van der Waals surface area contributed by atoms with E-state index in [0.717, 1.165) is 43.0 Å². The highest BCUT2D eigenvalue weighted by molar-refractivity contribution is 6.17. The lowest BCUT2D eigenvalue weighted by atomic mass is 10.1. The standard InChI is InChI=1S/C16H22ClN3/c1-3-13(2)19-6-8-20(9-7-19)16-5-4-14(11-17)10-15(16)12-18/h4-5,10,13H,3,6-9,11H2,1-2H3. The van der Waals surface area contributed by atoms with Gasteiger partial charge in [0, 0.05) is 38.1 Å². The molecule has 1 aliphatic heterocycles. The monoisotopic (exact) mass is 291 g/mol. The Morgan fingerprint density at radius 2 is 2.00 bits per heavy atom. The molecule has 108 valence electrons. The number of piperazine rings is 1. The zero-order valence-corrected chi connectivity index (χ0v) is 13.0. The summed E-state index contributed by atoms with van der Waals surface area (Å²) in [6, 6.07) is 8.90. The van der Waals surface area contributed by atoms with Crippen LogP contribution in [-0.2, 0) is 5.88 Å². The van der Waals surface area contributed by atoms with Crippen molar-refractivity contribution in [2.45, 2.75) is 32.2 Å². The molecule has 0 bridgehead atoms. The summed E-state index contributed by atoms with van der Waals surface area (Å²) in [5, 5.41) is 9.32. The molecule has 0 radical (unpaired) electrons. The molecule has 0 amide bonds. The molecule has 0 aliphatic carbocycles. The lowest BCUT2D eigenvalue weighted by molar-refractivity contribution is 0.193. The van der Waals surface area contributed by atoms with Crippen LogP contribution in [0.25, 0.3) is 0 Å². The maximum Gasteiger partial charge on any atom is 0.101 e. The molecule has 1 atom stereocenters. The van der Waals surface area contributed by atoms with Crippen molar-refractivity contribution in [1.82, 2.24) is 4.90 Å². The average molecular weight is 292 g/mol. The first-order valence-electron chi connectivity index (χ1n) is 7.27. The maximum atomic E-state index is 9.32. The first-order chi connectivity index (χ1) is 9.69. The van der Waals surface area contributed by atoms with Gasteiger partial charge in [0.15, 0.2) is 0 Å². The molecule has 0 N–H and O–H groups in total. The van der Waals surface area contributed by atoms with Crippen molar-refractivity contribution in [3.05, 3.63) is 29.3 Å². The van der Waals surface area contributed by atoms with Gasteiger partial charge in [0.2, 0.25) is 0 Å².